The highest BCUT2D eigenvalue weighted by Gasteiger charge is 2.37. The molecule has 0 fully saturated rings. The molecule has 0 radical (unpaired) electrons. The number of carbonyl (C=O) groups is 1. The number of nitrogens with one attached hydrogen (secondary N) is 1. The van der Waals surface area contributed by atoms with Crippen LogP contribution in [-0.4, -0.2) is 25.5 Å². The lowest BCUT2D eigenvalue weighted by atomic mass is 10.1. The van der Waals surface area contributed by atoms with Crippen LogP contribution in [0.25, 0.3) is 5.78 Å². The van der Waals surface area contributed by atoms with E-state index in [1.165, 1.54) is 11.1 Å². The van der Waals surface area contributed by atoms with Crippen LogP contribution in [0.3, 0.4) is 0 Å². The Morgan fingerprint density at radius 2 is 1.93 bits per heavy atom. The number of aryl methyl sites for hydroxylation is 4. The Bertz CT molecular complexity index is 1090. The number of halogens is 3. The molecule has 6 nitrogen and oxygen atoms in total. The molecule has 2 heterocycles. The van der Waals surface area contributed by atoms with Crippen molar-refractivity contribution in [3.8, 4) is 0 Å². The lowest BCUT2D eigenvalue weighted by Gasteiger charge is -2.11. The zero-order chi connectivity index (χ0) is 20.1. The summed E-state index contributed by atoms with van der Waals surface area (Å²) in [6, 6.07) is 5.88. The van der Waals surface area contributed by atoms with Crippen molar-refractivity contribution >= 4 is 17.4 Å². The normalized spacial score (nSPS) is 13.8. The maximum Gasteiger partial charge on any atom is 0.453 e. The second-order valence-corrected chi connectivity index (χ2v) is 6.97. The van der Waals surface area contributed by atoms with E-state index >= 15 is 0 Å². The number of rotatable bonds is 3. The molecule has 4 rings (SSSR count). The zero-order valence-electron chi connectivity index (χ0n) is 15.4. The number of benzene rings is 1. The van der Waals surface area contributed by atoms with E-state index in [0.29, 0.717) is 17.0 Å². The summed E-state index contributed by atoms with van der Waals surface area (Å²) in [5.41, 5.74) is 4.67. The Morgan fingerprint density at radius 1 is 1.18 bits per heavy atom. The summed E-state index contributed by atoms with van der Waals surface area (Å²) < 4.78 is 39.7. The van der Waals surface area contributed by atoms with Gasteiger partial charge in [0.15, 0.2) is 0 Å². The molecular weight excluding hydrogens is 371 g/mol. The molecule has 0 unspecified atom stereocenters. The van der Waals surface area contributed by atoms with Crippen molar-refractivity contribution in [1.82, 2.24) is 19.6 Å². The van der Waals surface area contributed by atoms with Crippen molar-refractivity contribution in [1.29, 1.82) is 0 Å². The number of aromatic nitrogens is 4. The van der Waals surface area contributed by atoms with E-state index in [9.17, 15) is 18.0 Å². The van der Waals surface area contributed by atoms with Crippen LogP contribution >= 0.6 is 0 Å². The molecule has 1 aromatic carbocycles. The number of alkyl halides is 3. The monoisotopic (exact) mass is 389 g/mol. The quantitative estimate of drug-likeness (QED) is 0.745. The number of carbonyl (C=O) groups excluding carboxylic acids is 1. The molecule has 1 aliphatic rings. The summed E-state index contributed by atoms with van der Waals surface area (Å²) in [7, 11) is 0. The van der Waals surface area contributed by atoms with Crippen LogP contribution in [0.2, 0.25) is 0 Å². The van der Waals surface area contributed by atoms with Crippen LogP contribution in [0.5, 0.6) is 0 Å². The van der Waals surface area contributed by atoms with E-state index in [4.69, 9.17) is 0 Å². The SMILES string of the molecule is Cc1nc2nc(C(F)(F)F)nn2c(C)c1CC(=O)Nc1ccc2c(c1)CCC2. The van der Waals surface area contributed by atoms with Gasteiger partial charge >= 0.3 is 6.18 Å². The third-order valence-electron chi connectivity index (χ3n) is 5.02. The third-order valence-corrected chi connectivity index (χ3v) is 5.02. The molecule has 0 aliphatic heterocycles. The van der Waals surface area contributed by atoms with Gasteiger partial charge < -0.3 is 5.32 Å². The summed E-state index contributed by atoms with van der Waals surface area (Å²) in [4.78, 5) is 20.1. The van der Waals surface area contributed by atoms with Crippen LogP contribution in [0, 0.1) is 13.8 Å². The molecule has 146 valence electrons. The van der Waals surface area contributed by atoms with Crippen LogP contribution in [0.4, 0.5) is 18.9 Å². The van der Waals surface area contributed by atoms with Gasteiger partial charge in [-0.3, -0.25) is 4.79 Å². The first-order valence-corrected chi connectivity index (χ1v) is 8.94. The predicted octanol–water partition coefficient (Wildman–Crippen LogP) is 3.43. The summed E-state index contributed by atoms with van der Waals surface area (Å²) in [5.74, 6) is -1.64. The number of hydrogen-bond acceptors (Lipinski definition) is 4. The molecule has 1 aliphatic carbocycles. The van der Waals surface area contributed by atoms with Gasteiger partial charge in [-0.2, -0.15) is 18.2 Å². The van der Waals surface area contributed by atoms with Crippen molar-refractivity contribution in [2.75, 3.05) is 5.32 Å². The molecule has 9 heteroatoms. The van der Waals surface area contributed by atoms with Gasteiger partial charge in [-0.1, -0.05) is 6.07 Å². The zero-order valence-corrected chi connectivity index (χ0v) is 15.4. The smallest absolute Gasteiger partial charge is 0.326 e. The van der Waals surface area contributed by atoms with Gasteiger partial charge in [-0.05, 0) is 56.4 Å². The summed E-state index contributed by atoms with van der Waals surface area (Å²) >= 11 is 0. The highest BCUT2D eigenvalue weighted by atomic mass is 19.4. The van der Waals surface area contributed by atoms with E-state index in [-0.39, 0.29) is 18.1 Å². The first-order valence-electron chi connectivity index (χ1n) is 8.94. The molecule has 0 atom stereocenters. The van der Waals surface area contributed by atoms with E-state index < -0.39 is 12.0 Å². The highest BCUT2D eigenvalue weighted by Crippen LogP contribution is 2.27. The minimum Gasteiger partial charge on any atom is -0.326 e. The van der Waals surface area contributed by atoms with Crippen molar-refractivity contribution in [3.63, 3.8) is 0 Å². The van der Waals surface area contributed by atoms with Crippen molar-refractivity contribution in [2.24, 2.45) is 0 Å². The van der Waals surface area contributed by atoms with E-state index in [1.54, 1.807) is 13.8 Å². The maximum atomic E-state index is 12.9. The second kappa shape index (κ2) is 6.57. The number of amides is 1. The standard InChI is InChI=1S/C19H18F3N5O/c1-10-15(11(2)27-18(23-10)25-17(26-27)19(20,21)22)9-16(28)24-14-7-6-12-4-3-5-13(12)8-14/h6-8H,3-5,9H2,1-2H3,(H,24,28). The first-order chi connectivity index (χ1) is 13.2. The van der Waals surface area contributed by atoms with Gasteiger partial charge in [0.1, 0.15) is 0 Å². The van der Waals surface area contributed by atoms with Gasteiger partial charge in [0.25, 0.3) is 11.6 Å². The number of hydrogen-bond donors (Lipinski definition) is 1. The molecular formula is C19H18F3N5O. The Kier molecular flexibility index (Phi) is 4.32. The minimum atomic E-state index is -4.65. The number of nitrogens with zero attached hydrogens (tertiary/aromatic N) is 4. The van der Waals surface area contributed by atoms with E-state index in [2.05, 4.69) is 20.4 Å². The van der Waals surface area contributed by atoms with E-state index in [0.717, 1.165) is 29.5 Å². The summed E-state index contributed by atoms with van der Waals surface area (Å²) in [5, 5.41) is 6.36. The van der Waals surface area contributed by atoms with Gasteiger partial charge in [0.2, 0.25) is 5.91 Å². The Balaban J connectivity index is 1.59. The molecule has 3 aromatic rings. The lowest BCUT2D eigenvalue weighted by molar-refractivity contribution is -0.144. The Morgan fingerprint density at radius 3 is 2.68 bits per heavy atom. The largest absolute Gasteiger partial charge is 0.453 e. The van der Waals surface area contributed by atoms with Gasteiger partial charge in [0.05, 0.1) is 6.42 Å². The maximum absolute atomic E-state index is 12.9. The fourth-order valence-corrected chi connectivity index (χ4v) is 3.60. The van der Waals surface area contributed by atoms with Gasteiger partial charge in [0, 0.05) is 22.6 Å². The van der Waals surface area contributed by atoms with Crippen LogP contribution in [0.15, 0.2) is 18.2 Å². The highest BCUT2D eigenvalue weighted by molar-refractivity contribution is 5.92. The van der Waals surface area contributed by atoms with Crippen molar-refractivity contribution < 1.29 is 18.0 Å². The number of fused-ring (bicyclic) bond motifs is 2. The Hall–Kier alpha value is -2.97. The van der Waals surface area contributed by atoms with Crippen LogP contribution in [0.1, 0.15) is 40.3 Å². The molecule has 0 saturated carbocycles. The average molecular weight is 389 g/mol. The fourth-order valence-electron chi connectivity index (χ4n) is 3.60. The van der Waals surface area contributed by atoms with Crippen molar-refractivity contribution in [2.45, 2.75) is 45.7 Å². The molecule has 1 amide bonds. The second-order valence-electron chi connectivity index (χ2n) is 6.97. The van der Waals surface area contributed by atoms with E-state index in [1.807, 2.05) is 18.2 Å². The lowest BCUT2D eigenvalue weighted by Crippen LogP contribution is -2.18. The molecule has 2 aromatic heterocycles. The molecule has 0 saturated heterocycles. The summed E-state index contributed by atoms with van der Waals surface area (Å²) in [6.45, 7) is 3.25. The Labute approximate surface area is 158 Å². The molecule has 1 N–H and O–H groups in total. The van der Waals surface area contributed by atoms with Crippen LogP contribution < -0.4 is 5.32 Å². The molecule has 0 bridgehead atoms. The minimum absolute atomic E-state index is 0.0150. The van der Waals surface area contributed by atoms with Gasteiger partial charge in [-0.15, -0.1) is 5.10 Å². The molecule has 28 heavy (non-hydrogen) atoms. The van der Waals surface area contributed by atoms with Crippen LogP contribution in [-0.2, 0) is 30.2 Å². The van der Waals surface area contributed by atoms with Gasteiger partial charge in [-0.25, -0.2) is 9.50 Å². The number of anilines is 1. The third kappa shape index (κ3) is 3.32. The predicted molar refractivity (Wildman–Crippen MR) is 96.1 cm³/mol. The fraction of sp³-hybridized carbons (Fsp3) is 0.368. The first kappa shape index (κ1) is 18.4. The molecule has 0 spiro atoms. The topological polar surface area (TPSA) is 72.2 Å². The summed E-state index contributed by atoms with van der Waals surface area (Å²) in [6.07, 6.45) is -1.48. The van der Waals surface area contributed by atoms with Crippen molar-refractivity contribution in [3.05, 3.63) is 52.1 Å². The average Bonchev–Trinajstić information content (AvgIpc) is 3.24.